The van der Waals surface area contributed by atoms with E-state index in [-0.39, 0.29) is 5.91 Å². The standard InChI is InChI=1S/C25H18BrN3OS2/c26-20-8-9-22-21(12-20)19(16-28(22)14-17-5-2-1-3-6-17)11-23-24(30)29(25(31)32-23)15-18-7-4-10-27-13-18/h1-13,16H,14-15H2/b23-11-. The van der Waals surface area contributed by atoms with Gasteiger partial charge in [0.2, 0.25) is 0 Å². The first-order chi connectivity index (χ1) is 15.6. The third kappa shape index (κ3) is 4.28. The van der Waals surface area contributed by atoms with Crippen LogP contribution in [0.25, 0.3) is 17.0 Å². The average molecular weight is 520 g/mol. The first kappa shape index (κ1) is 21.1. The number of benzene rings is 2. The van der Waals surface area contributed by atoms with Crippen LogP contribution in [-0.4, -0.2) is 24.7 Å². The Morgan fingerprint density at radius 2 is 1.84 bits per heavy atom. The number of rotatable bonds is 5. The summed E-state index contributed by atoms with van der Waals surface area (Å²) in [6, 6.07) is 20.4. The van der Waals surface area contributed by atoms with Crippen molar-refractivity contribution in [3.63, 3.8) is 0 Å². The average Bonchev–Trinajstić information content (AvgIpc) is 3.26. The lowest BCUT2D eigenvalue weighted by molar-refractivity contribution is -0.122. The molecule has 0 saturated carbocycles. The van der Waals surface area contributed by atoms with E-state index in [2.05, 4.69) is 55.9 Å². The van der Waals surface area contributed by atoms with E-state index >= 15 is 0 Å². The lowest BCUT2D eigenvalue weighted by Crippen LogP contribution is -2.27. The second kappa shape index (κ2) is 9.02. The van der Waals surface area contributed by atoms with E-state index in [1.54, 1.807) is 17.3 Å². The summed E-state index contributed by atoms with van der Waals surface area (Å²) < 4.78 is 3.79. The fraction of sp³-hybridized carbons (Fsp3) is 0.0800. The number of halogens is 1. The molecule has 1 aliphatic heterocycles. The number of fused-ring (bicyclic) bond motifs is 1. The van der Waals surface area contributed by atoms with E-state index in [9.17, 15) is 4.79 Å². The summed E-state index contributed by atoms with van der Waals surface area (Å²) in [5.41, 5.74) is 4.29. The second-order valence-corrected chi connectivity index (χ2v) is 10.1. The van der Waals surface area contributed by atoms with Crippen molar-refractivity contribution in [2.24, 2.45) is 0 Å². The summed E-state index contributed by atoms with van der Waals surface area (Å²) >= 11 is 10.4. The van der Waals surface area contributed by atoms with Crippen LogP contribution < -0.4 is 0 Å². The molecule has 0 bridgehead atoms. The molecule has 4 nitrogen and oxygen atoms in total. The number of thiocarbonyl (C=S) groups is 1. The predicted molar refractivity (Wildman–Crippen MR) is 138 cm³/mol. The third-order valence-corrected chi connectivity index (χ3v) is 7.16. The fourth-order valence-electron chi connectivity index (χ4n) is 3.77. The van der Waals surface area contributed by atoms with Gasteiger partial charge in [-0.3, -0.25) is 14.7 Å². The van der Waals surface area contributed by atoms with Gasteiger partial charge in [-0.1, -0.05) is 76.3 Å². The third-order valence-electron chi connectivity index (χ3n) is 5.29. The summed E-state index contributed by atoms with van der Waals surface area (Å²) in [6.07, 6.45) is 7.55. The Hall–Kier alpha value is -2.74. The quantitative estimate of drug-likeness (QED) is 0.230. The number of carbonyl (C=O) groups is 1. The Balaban J connectivity index is 1.50. The molecule has 7 heteroatoms. The maximum Gasteiger partial charge on any atom is 0.266 e. The molecule has 3 heterocycles. The molecule has 0 unspecified atom stereocenters. The number of nitrogens with zero attached hydrogens (tertiary/aromatic N) is 3. The van der Waals surface area contributed by atoms with Crippen molar-refractivity contribution in [3.05, 3.63) is 105 Å². The van der Waals surface area contributed by atoms with Crippen LogP contribution in [0, 0.1) is 0 Å². The van der Waals surface area contributed by atoms with E-state index in [4.69, 9.17) is 12.2 Å². The van der Waals surface area contributed by atoms with Gasteiger partial charge in [-0.25, -0.2) is 0 Å². The molecule has 0 atom stereocenters. The number of thioether (sulfide) groups is 1. The SMILES string of the molecule is O=C1/C(=C/c2cn(Cc3ccccc3)c3ccc(Br)cc23)SC(=S)N1Cc1cccnc1. The Labute approximate surface area is 204 Å². The maximum atomic E-state index is 13.1. The molecule has 2 aromatic carbocycles. The molecular formula is C25H18BrN3OS2. The summed E-state index contributed by atoms with van der Waals surface area (Å²) in [6.45, 7) is 1.19. The van der Waals surface area contributed by atoms with E-state index in [0.717, 1.165) is 33.0 Å². The van der Waals surface area contributed by atoms with Gasteiger partial charge in [0.25, 0.3) is 5.91 Å². The number of hydrogen-bond donors (Lipinski definition) is 0. The van der Waals surface area contributed by atoms with Crippen molar-refractivity contribution in [1.82, 2.24) is 14.5 Å². The smallest absolute Gasteiger partial charge is 0.266 e. The molecule has 1 saturated heterocycles. The second-order valence-electron chi connectivity index (χ2n) is 7.49. The molecule has 0 aliphatic carbocycles. The Kier molecular flexibility index (Phi) is 5.95. The fourth-order valence-corrected chi connectivity index (χ4v) is 5.38. The van der Waals surface area contributed by atoms with Crippen molar-refractivity contribution in [2.75, 3.05) is 0 Å². The molecule has 2 aromatic heterocycles. The Morgan fingerprint density at radius 3 is 2.62 bits per heavy atom. The number of pyridine rings is 1. The van der Waals surface area contributed by atoms with Gasteiger partial charge < -0.3 is 4.57 Å². The van der Waals surface area contributed by atoms with Crippen LogP contribution >= 0.6 is 39.9 Å². The predicted octanol–water partition coefficient (Wildman–Crippen LogP) is 6.25. The normalized spacial score (nSPS) is 15.3. The zero-order chi connectivity index (χ0) is 22.1. The molecule has 4 aromatic rings. The molecule has 0 N–H and O–H groups in total. The van der Waals surface area contributed by atoms with Gasteiger partial charge in [0.15, 0.2) is 0 Å². The molecule has 158 valence electrons. The highest BCUT2D eigenvalue weighted by molar-refractivity contribution is 9.10. The van der Waals surface area contributed by atoms with Crippen LogP contribution in [-0.2, 0) is 17.9 Å². The minimum Gasteiger partial charge on any atom is -0.342 e. The summed E-state index contributed by atoms with van der Waals surface area (Å²) in [7, 11) is 0. The van der Waals surface area contributed by atoms with Crippen LogP contribution in [0.4, 0.5) is 0 Å². The van der Waals surface area contributed by atoms with Crippen molar-refractivity contribution in [3.8, 4) is 0 Å². The molecule has 1 fully saturated rings. The molecule has 32 heavy (non-hydrogen) atoms. The van der Waals surface area contributed by atoms with Crippen molar-refractivity contribution in [2.45, 2.75) is 13.1 Å². The highest BCUT2D eigenvalue weighted by Crippen LogP contribution is 2.36. The highest BCUT2D eigenvalue weighted by Gasteiger charge is 2.32. The first-order valence-corrected chi connectivity index (χ1v) is 12.1. The zero-order valence-corrected chi connectivity index (χ0v) is 20.2. The molecule has 0 spiro atoms. The molecule has 0 radical (unpaired) electrons. The van der Waals surface area contributed by atoms with Gasteiger partial charge in [0.05, 0.1) is 11.4 Å². The minimum atomic E-state index is -0.0668. The Morgan fingerprint density at radius 1 is 1.03 bits per heavy atom. The van der Waals surface area contributed by atoms with Crippen molar-refractivity contribution < 1.29 is 4.79 Å². The van der Waals surface area contributed by atoms with Crippen LogP contribution in [0.1, 0.15) is 16.7 Å². The van der Waals surface area contributed by atoms with Crippen molar-refractivity contribution >= 4 is 67.1 Å². The van der Waals surface area contributed by atoms with Crippen molar-refractivity contribution in [1.29, 1.82) is 0 Å². The van der Waals surface area contributed by atoms with Crippen LogP contribution in [0.2, 0.25) is 0 Å². The first-order valence-electron chi connectivity index (χ1n) is 10.0. The van der Waals surface area contributed by atoms with Gasteiger partial charge in [0.1, 0.15) is 4.32 Å². The summed E-state index contributed by atoms with van der Waals surface area (Å²) in [4.78, 5) is 19.5. The van der Waals surface area contributed by atoms with Crippen LogP contribution in [0.5, 0.6) is 0 Å². The lowest BCUT2D eigenvalue weighted by Gasteiger charge is -2.13. The highest BCUT2D eigenvalue weighted by atomic mass is 79.9. The van der Waals surface area contributed by atoms with Gasteiger partial charge in [-0.2, -0.15) is 0 Å². The minimum absolute atomic E-state index is 0.0668. The zero-order valence-electron chi connectivity index (χ0n) is 16.9. The Bertz CT molecular complexity index is 1350. The van der Waals surface area contributed by atoms with E-state index in [0.29, 0.717) is 15.8 Å². The number of aromatic nitrogens is 2. The monoisotopic (exact) mass is 519 g/mol. The number of hydrogen-bond acceptors (Lipinski definition) is 4. The molecule has 1 amide bonds. The summed E-state index contributed by atoms with van der Waals surface area (Å²) in [5.74, 6) is -0.0668. The van der Waals surface area contributed by atoms with Crippen LogP contribution in [0.15, 0.2) is 88.6 Å². The molecular weight excluding hydrogens is 502 g/mol. The maximum absolute atomic E-state index is 13.1. The van der Waals surface area contributed by atoms with Gasteiger partial charge in [-0.05, 0) is 41.5 Å². The lowest BCUT2D eigenvalue weighted by atomic mass is 10.1. The van der Waals surface area contributed by atoms with Crippen LogP contribution in [0.3, 0.4) is 0 Å². The van der Waals surface area contributed by atoms with E-state index in [1.165, 1.54) is 17.3 Å². The van der Waals surface area contributed by atoms with Gasteiger partial charge >= 0.3 is 0 Å². The van der Waals surface area contributed by atoms with E-state index in [1.807, 2.05) is 42.5 Å². The van der Waals surface area contributed by atoms with Gasteiger partial charge in [0, 0.05) is 46.1 Å². The molecule has 1 aliphatic rings. The summed E-state index contributed by atoms with van der Waals surface area (Å²) in [5, 5.41) is 1.09. The number of carbonyl (C=O) groups excluding carboxylic acids is 1. The van der Waals surface area contributed by atoms with Gasteiger partial charge in [-0.15, -0.1) is 0 Å². The largest absolute Gasteiger partial charge is 0.342 e. The van der Waals surface area contributed by atoms with E-state index < -0.39 is 0 Å². The molecule has 5 rings (SSSR count). The topological polar surface area (TPSA) is 38.1 Å². The number of amides is 1.